The maximum absolute atomic E-state index is 6.09. The molecule has 152 valence electrons. The number of aromatic amines is 1. The second kappa shape index (κ2) is 7.09. The van der Waals surface area contributed by atoms with Crippen molar-refractivity contribution in [2.24, 2.45) is 11.8 Å². The second-order valence-electron chi connectivity index (χ2n) is 8.30. The van der Waals surface area contributed by atoms with Gasteiger partial charge >= 0.3 is 0 Å². The fourth-order valence-corrected chi connectivity index (χ4v) is 5.11. The first-order valence-corrected chi connectivity index (χ1v) is 10.8. The summed E-state index contributed by atoms with van der Waals surface area (Å²) in [4.78, 5) is 21.5. The number of nitrogens with zero attached hydrogens (tertiary/aromatic N) is 4. The first-order chi connectivity index (χ1) is 14.7. The highest BCUT2D eigenvalue weighted by atomic mass is 35.5. The number of rotatable bonds is 4. The predicted octanol–water partition coefficient (Wildman–Crippen LogP) is 5.32. The first kappa shape index (κ1) is 17.9. The summed E-state index contributed by atoms with van der Waals surface area (Å²) < 4.78 is 5.62. The van der Waals surface area contributed by atoms with Crippen molar-refractivity contribution in [2.45, 2.75) is 38.1 Å². The van der Waals surface area contributed by atoms with Gasteiger partial charge < -0.3 is 14.7 Å². The third-order valence-electron chi connectivity index (χ3n) is 6.47. The molecular formula is C22H21ClN6O. The molecule has 3 aliphatic carbocycles. The maximum Gasteiger partial charge on any atom is 0.166 e. The van der Waals surface area contributed by atoms with E-state index in [1.807, 2.05) is 24.4 Å². The van der Waals surface area contributed by atoms with Crippen molar-refractivity contribution in [3.8, 4) is 22.8 Å². The van der Waals surface area contributed by atoms with Gasteiger partial charge in [0, 0.05) is 18.3 Å². The average molecular weight is 421 g/mol. The van der Waals surface area contributed by atoms with Crippen molar-refractivity contribution in [1.29, 1.82) is 0 Å². The fourth-order valence-electron chi connectivity index (χ4n) is 4.98. The Morgan fingerprint density at radius 3 is 2.80 bits per heavy atom. The Morgan fingerprint density at radius 2 is 2.03 bits per heavy atom. The number of halogens is 1. The van der Waals surface area contributed by atoms with Crippen LogP contribution in [0.4, 0.5) is 5.82 Å². The van der Waals surface area contributed by atoms with Crippen molar-refractivity contribution in [1.82, 2.24) is 24.9 Å². The molecule has 3 fully saturated rings. The van der Waals surface area contributed by atoms with Crippen LogP contribution in [-0.4, -0.2) is 31.0 Å². The Labute approximate surface area is 178 Å². The van der Waals surface area contributed by atoms with Gasteiger partial charge in [-0.2, -0.15) is 0 Å². The summed E-state index contributed by atoms with van der Waals surface area (Å²) in [6, 6.07) is 6.20. The van der Waals surface area contributed by atoms with E-state index in [0.717, 1.165) is 28.9 Å². The molecule has 3 aliphatic rings. The molecule has 1 unspecified atom stereocenters. The Bertz CT molecular complexity index is 1200. The highest BCUT2D eigenvalue weighted by molar-refractivity contribution is 6.29. The Hall–Kier alpha value is -2.93. The molecule has 0 amide bonds. The van der Waals surface area contributed by atoms with Gasteiger partial charge in [0.2, 0.25) is 0 Å². The number of anilines is 1. The summed E-state index contributed by atoms with van der Waals surface area (Å²) in [5.74, 6) is 3.64. The number of hydrogen-bond acceptors (Lipinski definition) is 6. The number of fused-ring (bicyclic) bond motifs is 4. The third kappa shape index (κ3) is 3.13. The van der Waals surface area contributed by atoms with E-state index in [9.17, 15) is 0 Å². The molecule has 8 heteroatoms. The molecule has 0 radical (unpaired) electrons. The van der Waals surface area contributed by atoms with Crippen LogP contribution in [-0.2, 0) is 0 Å². The standard InChI is InChI=1S/C22H21ClN6O/c23-18-11-25-22-20(28-18)14(10-24-22)21-27-16(17-2-1-7-30-17)9-19(29-21)26-15-8-12-3-5-13(15)6-4-12/h1-2,7,9-13,15H,3-6,8H2,(H,24,25)(H,26,27,29). The summed E-state index contributed by atoms with van der Waals surface area (Å²) in [5.41, 5.74) is 2.81. The lowest BCUT2D eigenvalue weighted by atomic mass is 9.68. The molecule has 0 aliphatic heterocycles. The quantitative estimate of drug-likeness (QED) is 0.464. The summed E-state index contributed by atoms with van der Waals surface area (Å²) in [6.07, 6.45) is 11.6. The molecule has 0 spiro atoms. The van der Waals surface area contributed by atoms with E-state index < -0.39 is 0 Å². The zero-order valence-corrected chi connectivity index (χ0v) is 17.1. The minimum Gasteiger partial charge on any atom is -0.463 e. The van der Waals surface area contributed by atoms with Gasteiger partial charge in [-0.15, -0.1) is 0 Å². The summed E-state index contributed by atoms with van der Waals surface area (Å²) in [7, 11) is 0. The van der Waals surface area contributed by atoms with Gasteiger partial charge in [0.15, 0.2) is 17.2 Å². The average Bonchev–Trinajstić information content (AvgIpc) is 3.44. The highest BCUT2D eigenvalue weighted by Gasteiger charge is 2.35. The molecule has 0 aromatic carbocycles. The van der Waals surface area contributed by atoms with Crippen molar-refractivity contribution < 1.29 is 4.42 Å². The highest BCUT2D eigenvalue weighted by Crippen LogP contribution is 2.42. The van der Waals surface area contributed by atoms with E-state index in [4.69, 9.17) is 26.0 Å². The summed E-state index contributed by atoms with van der Waals surface area (Å²) in [6.45, 7) is 0. The normalized spacial score (nSPS) is 23.2. The number of aromatic nitrogens is 5. The molecule has 4 heterocycles. The van der Waals surface area contributed by atoms with Crippen LogP contribution in [0.25, 0.3) is 34.0 Å². The van der Waals surface area contributed by atoms with Crippen LogP contribution in [0.1, 0.15) is 32.1 Å². The van der Waals surface area contributed by atoms with Crippen LogP contribution in [0.2, 0.25) is 5.15 Å². The Morgan fingerprint density at radius 1 is 1.13 bits per heavy atom. The lowest BCUT2D eigenvalue weighted by Gasteiger charge is -2.42. The SMILES string of the molecule is Clc1cnc2[nH]cc(-c3nc(NC4CC5CCC4CC5)cc(-c4ccco4)n3)c2n1. The van der Waals surface area contributed by atoms with Crippen LogP contribution < -0.4 is 5.32 Å². The zero-order valence-electron chi connectivity index (χ0n) is 16.3. The monoisotopic (exact) mass is 420 g/mol. The van der Waals surface area contributed by atoms with E-state index in [1.54, 1.807) is 6.26 Å². The second-order valence-corrected chi connectivity index (χ2v) is 8.69. The lowest BCUT2D eigenvalue weighted by molar-refractivity contribution is 0.157. The van der Waals surface area contributed by atoms with Crippen LogP contribution in [0, 0.1) is 11.8 Å². The largest absolute Gasteiger partial charge is 0.463 e. The van der Waals surface area contributed by atoms with Gasteiger partial charge in [0.25, 0.3) is 0 Å². The smallest absolute Gasteiger partial charge is 0.166 e. The molecular weight excluding hydrogens is 400 g/mol. The lowest BCUT2D eigenvalue weighted by Crippen LogP contribution is -2.40. The minimum atomic E-state index is 0.335. The minimum absolute atomic E-state index is 0.335. The first-order valence-electron chi connectivity index (χ1n) is 10.4. The van der Waals surface area contributed by atoms with Gasteiger partial charge in [-0.3, -0.25) is 0 Å². The summed E-state index contributed by atoms with van der Waals surface area (Å²) >= 11 is 6.09. The van der Waals surface area contributed by atoms with Gasteiger partial charge in [-0.25, -0.2) is 19.9 Å². The molecule has 4 aromatic rings. The molecule has 7 rings (SSSR count). The van der Waals surface area contributed by atoms with Crippen molar-refractivity contribution in [3.05, 3.63) is 42.0 Å². The van der Waals surface area contributed by atoms with Crippen molar-refractivity contribution in [2.75, 3.05) is 5.32 Å². The van der Waals surface area contributed by atoms with Crippen molar-refractivity contribution >= 4 is 28.6 Å². The molecule has 2 bridgehead atoms. The third-order valence-corrected chi connectivity index (χ3v) is 6.66. The molecule has 2 N–H and O–H groups in total. The molecule has 1 atom stereocenters. The Kier molecular flexibility index (Phi) is 4.23. The van der Waals surface area contributed by atoms with E-state index in [1.165, 1.54) is 38.3 Å². The maximum atomic E-state index is 6.09. The number of nitrogens with one attached hydrogen (secondary N) is 2. The van der Waals surface area contributed by atoms with Crippen LogP contribution in [0.15, 0.2) is 41.3 Å². The van der Waals surface area contributed by atoms with Gasteiger partial charge in [0.05, 0.1) is 18.0 Å². The number of hydrogen-bond donors (Lipinski definition) is 2. The Balaban J connectivity index is 1.43. The molecule has 0 saturated heterocycles. The van der Waals surface area contributed by atoms with Gasteiger partial charge in [0.1, 0.15) is 22.2 Å². The molecule has 3 saturated carbocycles. The zero-order chi connectivity index (χ0) is 20.1. The van der Waals surface area contributed by atoms with Crippen LogP contribution in [0.5, 0.6) is 0 Å². The van der Waals surface area contributed by atoms with E-state index in [0.29, 0.717) is 33.9 Å². The van der Waals surface area contributed by atoms with Gasteiger partial charge in [-0.05, 0) is 43.2 Å². The molecule has 4 aromatic heterocycles. The van der Waals surface area contributed by atoms with E-state index in [-0.39, 0.29) is 0 Å². The number of furan rings is 1. The topological polar surface area (TPSA) is 92.5 Å². The van der Waals surface area contributed by atoms with E-state index >= 15 is 0 Å². The van der Waals surface area contributed by atoms with Crippen LogP contribution >= 0.6 is 11.6 Å². The predicted molar refractivity (Wildman–Crippen MR) is 115 cm³/mol. The number of H-pyrrole nitrogens is 1. The van der Waals surface area contributed by atoms with Gasteiger partial charge in [-0.1, -0.05) is 24.4 Å². The molecule has 30 heavy (non-hydrogen) atoms. The summed E-state index contributed by atoms with van der Waals surface area (Å²) in [5, 5.41) is 4.05. The van der Waals surface area contributed by atoms with Crippen LogP contribution in [0.3, 0.4) is 0 Å². The fraction of sp³-hybridized carbons (Fsp3) is 0.364. The van der Waals surface area contributed by atoms with E-state index in [2.05, 4.69) is 20.3 Å². The molecule has 7 nitrogen and oxygen atoms in total. The van der Waals surface area contributed by atoms with Crippen molar-refractivity contribution in [3.63, 3.8) is 0 Å².